The van der Waals surface area contributed by atoms with Crippen molar-refractivity contribution in [3.63, 3.8) is 0 Å². The van der Waals surface area contributed by atoms with Gasteiger partial charge in [0, 0.05) is 6.04 Å². The molecular formula is C15H22N2O4. The molecule has 0 bridgehead atoms. The van der Waals surface area contributed by atoms with Crippen LogP contribution in [0.5, 0.6) is 0 Å². The van der Waals surface area contributed by atoms with Gasteiger partial charge in [-0.3, -0.25) is 14.9 Å². The van der Waals surface area contributed by atoms with Gasteiger partial charge in [-0.15, -0.1) is 0 Å². The van der Waals surface area contributed by atoms with Crippen LogP contribution in [0.4, 0.5) is 4.79 Å². The largest absolute Gasteiger partial charge is 0.455 e. The quantitative estimate of drug-likeness (QED) is 0.610. The van der Waals surface area contributed by atoms with Gasteiger partial charge in [-0.2, -0.15) is 0 Å². The van der Waals surface area contributed by atoms with E-state index in [2.05, 4.69) is 10.6 Å². The number of nitrogens with one attached hydrogen (secondary N) is 2. The molecule has 1 fully saturated rings. The second kappa shape index (κ2) is 7.81. The van der Waals surface area contributed by atoms with Gasteiger partial charge in [-0.1, -0.05) is 25.0 Å². The van der Waals surface area contributed by atoms with Crippen molar-refractivity contribution in [1.29, 1.82) is 0 Å². The molecule has 21 heavy (non-hydrogen) atoms. The molecule has 2 aliphatic rings. The maximum atomic E-state index is 11.7. The summed E-state index contributed by atoms with van der Waals surface area (Å²) in [6.45, 7) is -0.406. The first kappa shape index (κ1) is 15.5. The van der Waals surface area contributed by atoms with Crippen molar-refractivity contribution in [3.8, 4) is 0 Å². The molecule has 6 nitrogen and oxygen atoms in total. The van der Waals surface area contributed by atoms with Crippen LogP contribution in [-0.4, -0.2) is 30.6 Å². The summed E-state index contributed by atoms with van der Waals surface area (Å²) < 4.78 is 4.95. The number of esters is 1. The summed E-state index contributed by atoms with van der Waals surface area (Å²) in [6.07, 6.45) is 10.3. The normalized spacial score (nSPS) is 21.8. The summed E-state index contributed by atoms with van der Waals surface area (Å²) in [7, 11) is 0. The van der Waals surface area contributed by atoms with E-state index in [1.807, 2.05) is 12.2 Å². The lowest BCUT2D eigenvalue weighted by Crippen LogP contribution is -2.45. The molecule has 0 aromatic rings. The number of carbonyl (C=O) groups excluding carboxylic acids is 3. The third-order valence-electron chi connectivity index (χ3n) is 3.89. The highest BCUT2D eigenvalue weighted by Gasteiger charge is 2.22. The zero-order valence-corrected chi connectivity index (χ0v) is 12.1. The van der Waals surface area contributed by atoms with Gasteiger partial charge in [0.2, 0.25) is 0 Å². The topological polar surface area (TPSA) is 84.5 Å². The Balaban J connectivity index is 1.63. The number of allylic oxidation sites excluding steroid dienone is 2. The third kappa shape index (κ3) is 5.21. The van der Waals surface area contributed by atoms with Crippen molar-refractivity contribution in [2.75, 3.05) is 6.61 Å². The van der Waals surface area contributed by atoms with Gasteiger partial charge in [0.25, 0.3) is 5.91 Å². The summed E-state index contributed by atoms with van der Waals surface area (Å²) in [5, 5.41) is 4.93. The zero-order valence-electron chi connectivity index (χ0n) is 12.1. The van der Waals surface area contributed by atoms with Crippen LogP contribution in [0, 0.1) is 5.92 Å². The molecule has 0 heterocycles. The fourth-order valence-electron chi connectivity index (χ4n) is 2.72. The first-order valence-corrected chi connectivity index (χ1v) is 7.57. The number of rotatable bonds is 4. The average molecular weight is 294 g/mol. The van der Waals surface area contributed by atoms with E-state index >= 15 is 0 Å². The molecule has 1 atom stereocenters. The summed E-state index contributed by atoms with van der Waals surface area (Å²) >= 11 is 0. The monoisotopic (exact) mass is 294 g/mol. The van der Waals surface area contributed by atoms with Crippen molar-refractivity contribution < 1.29 is 19.1 Å². The standard InChI is InChI=1S/C15H22N2O4/c18-13(17-15(20)16-12-8-4-5-9-12)10-21-14(19)11-6-2-1-3-7-11/h1-2,11-12H,3-10H2,(H2,16,17,18,20)/t11-/m1/s1. The predicted molar refractivity (Wildman–Crippen MR) is 76.4 cm³/mol. The fourth-order valence-corrected chi connectivity index (χ4v) is 2.72. The van der Waals surface area contributed by atoms with Crippen LogP contribution < -0.4 is 10.6 Å². The molecule has 3 amide bonds. The molecule has 0 spiro atoms. The molecule has 0 aliphatic heterocycles. The Kier molecular flexibility index (Phi) is 5.78. The molecule has 0 aromatic heterocycles. The summed E-state index contributed by atoms with van der Waals surface area (Å²) in [5.41, 5.74) is 0. The maximum absolute atomic E-state index is 11.7. The average Bonchev–Trinajstić information content (AvgIpc) is 2.98. The number of carbonyl (C=O) groups is 3. The molecule has 0 aromatic carbocycles. The van der Waals surface area contributed by atoms with E-state index in [9.17, 15) is 14.4 Å². The van der Waals surface area contributed by atoms with Gasteiger partial charge in [0.1, 0.15) is 0 Å². The van der Waals surface area contributed by atoms with Crippen LogP contribution >= 0.6 is 0 Å². The van der Waals surface area contributed by atoms with E-state index in [-0.39, 0.29) is 17.9 Å². The van der Waals surface area contributed by atoms with E-state index in [1.54, 1.807) is 0 Å². The molecule has 0 unspecified atom stereocenters. The molecule has 2 rings (SSSR count). The number of hydrogen-bond donors (Lipinski definition) is 2. The van der Waals surface area contributed by atoms with E-state index in [0.717, 1.165) is 38.5 Å². The van der Waals surface area contributed by atoms with Crippen LogP contribution in [0.3, 0.4) is 0 Å². The molecule has 2 N–H and O–H groups in total. The van der Waals surface area contributed by atoms with Crippen molar-refractivity contribution in [2.45, 2.75) is 51.0 Å². The van der Waals surface area contributed by atoms with Gasteiger partial charge in [0.05, 0.1) is 5.92 Å². The van der Waals surface area contributed by atoms with E-state index in [0.29, 0.717) is 6.42 Å². The van der Waals surface area contributed by atoms with Crippen molar-refractivity contribution >= 4 is 17.9 Å². The zero-order chi connectivity index (χ0) is 15.1. The first-order chi connectivity index (χ1) is 10.1. The third-order valence-corrected chi connectivity index (χ3v) is 3.89. The van der Waals surface area contributed by atoms with Gasteiger partial charge < -0.3 is 10.1 Å². The highest BCUT2D eigenvalue weighted by atomic mass is 16.5. The Hall–Kier alpha value is -1.85. The molecule has 116 valence electrons. The number of amides is 3. The number of ether oxygens (including phenoxy) is 1. The lowest BCUT2D eigenvalue weighted by Gasteiger charge is -2.16. The lowest BCUT2D eigenvalue weighted by molar-refractivity contribution is -0.152. The van der Waals surface area contributed by atoms with Crippen LogP contribution in [0.25, 0.3) is 0 Å². The minimum absolute atomic E-state index is 0.148. The second-order valence-corrected chi connectivity index (χ2v) is 5.59. The Morgan fingerprint density at radius 3 is 2.52 bits per heavy atom. The minimum Gasteiger partial charge on any atom is -0.455 e. The molecule has 6 heteroatoms. The number of urea groups is 1. The van der Waals surface area contributed by atoms with Crippen LogP contribution in [-0.2, 0) is 14.3 Å². The van der Waals surface area contributed by atoms with Crippen LogP contribution in [0.1, 0.15) is 44.9 Å². The number of imide groups is 1. The Morgan fingerprint density at radius 2 is 1.86 bits per heavy atom. The molecule has 0 saturated heterocycles. The Bertz CT molecular complexity index is 427. The van der Waals surface area contributed by atoms with Crippen LogP contribution in [0.15, 0.2) is 12.2 Å². The highest BCUT2D eigenvalue weighted by molar-refractivity contribution is 5.95. The highest BCUT2D eigenvalue weighted by Crippen LogP contribution is 2.19. The Labute approximate surface area is 124 Å². The molecular weight excluding hydrogens is 272 g/mol. The first-order valence-electron chi connectivity index (χ1n) is 7.57. The van der Waals surface area contributed by atoms with Crippen molar-refractivity contribution in [2.24, 2.45) is 5.92 Å². The van der Waals surface area contributed by atoms with Gasteiger partial charge in [-0.25, -0.2) is 4.79 Å². The van der Waals surface area contributed by atoms with Gasteiger partial charge in [-0.05, 0) is 32.1 Å². The Morgan fingerprint density at radius 1 is 1.10 bits per heavy atom. The second-order valence-electron chi connectivity index (χ2n) is 5.59. The fraction of sp³-hybridized carbons (Fsp3) is 0.667. The molecule has 1 saturated carbocycles. The number of hydrogen-bond acceptors (Lipinski definition) is 4. The van der Waals surface area contributed by atoms with Gasteiger partial charge >= 0.3 is 12.0 Å². The van der Waals surface area contributed by atoms with Crippen LogP contribution in [0.2, 0.25) is 0 Å². The van der Waals surface area contributed by atoms with Crippen molar-refractivity contribution in [3.05, 3.63) is 12.2 Å². The van der Waals surface area contributed by atoms with Crippen molar-refractivity contribution in [1.82, 2.24) is 10.6 Å². The molecule has 0 radical (unpaired) electrons. The SMILES string of the molecule is O=C(COC(=O)[C@@H]1CC=CCC1)NC(=O)NC1CCCC1. The van der Waals surface area contributed by atoms with E-state index < -0.39 is 18.5 Å². The van der Waals surface area contributed by atoms with E-state index in [1.165, 1.54) is 0 Å². The van der Waals surface area contributed by atoms with Gasteiger partial charge in [0.15, 0.2) is 6.61 Å². The van der Waals surface area contributed by atoms with E-state index in [4.69, 9.17) is 4.74 Å². The summed E-state index contributed by atoms with van der Waals surface area (Å²) in [6, 6.07) is -0.363. The smallest absolute Gasteiger partial charge is 0.321 e. The summed E-state index contributed by atoms with van der Waals surface area (Å²) in [4.78, 5) is 34.8. The molecule has 2 aliphatic carbocycles. The predicted octanol–water partition coefficient (Wildman–Crippen LogP) is 1.65. The minimum atomic E-state index is -0.592. The summed E-state index contributed by atoms with van der Waals surface area (Å²) in [5.74, 6) is -1.13. The lowest BCUT2D eigenvalue weighted by atomic mass is 9.95. The maximum Gasteiger partial charge on any atom is 0.321 e.